The van der Waals surface area contributed by atoms with Gasteiger partial charge in [-0.05, 0) is 12.1 Å². The number of carbonyl (C=O) groups is 1. The molecule has 0 unspecified atom stereocenters. The van der Waals surface area contributed by atoms with Crippen LogP contribution < -0.4 is 0 Å². The molecular formula is C15H13N3O. The number of aldehydes is 1. The van der Waals surface area contributed by atoms with Crippen molar-refractivity contribution in [1.29, 1.82) is 0 Å². The highest BCUT2D eigenvalue weighted by atomic mass is 16.1. The van der Waals surface area contributed by atoms with Crippen LogP contribution in [0.15, 0.2) is 61.9 Å². The van der Waals surface area contributed by atoms with E-state index in [4.69, 9.17) is 0 Å². The summed E-state index contributed by atoms with van der Waals surface area (Å²) in [5, 5.41) is 4.39. The Balaban J connectivity index is 2.46. The van der Waals surface area contributed by atoms with Crippen molar-refractivity contribution in [1.82, 2.24) is 14.6 Å². The molecule has 2 aromatic rings. The molecule has 0 aliphatic carbocycles. The van der Waals surface area contributed by atoms with Crippen molar-refractivity contribution in [3.8, 4) is 0 Å². The Morgan fingerprint density at radius 1 is 1.26 bits per heavy atom. The van der Waals surface area contributed by atoms with Gasteiger partial charge in [0.15, 0.2) is 11.9 Å². The van der Waals surface area contributed by atoms with Gasteiger partial charge in [-0.2, -0.15) is 5.10 Å². The van der Waals surface area contributed by atoms with Crippen LogP contribution in [0.5, 0.6) is 0 Å². The second kappa shape index (κ2) is 5.73. The van der Waals surface area contributed by atoms with E-state index in [0.29, 0.717) is 17.6 Å². The maximum Gasteiger partial charge on any atom is 0.170 e. The quantitative estimate of drug-likeness (QED) is 0.606. The number of imidazole rings is 1. The SMILES string of the molecule is C=C/C=C\C=C(/C=C)c1ccc2nc(C=O)cn2n1. The predicted molar refractivity (Wildman–Crippen MR) is 75.9 cm³/mol. The van der Waals surface area contributed by atoms with Gasteiger partial charge in [-0.25, -0.2) is 9.50 Å². The summed E-state index contributed by atoms with van der Waals surface area (Å²) in [5.74, 6) is 0. The van der Waals surface area contributed by atoms with Crippen LogP contribution in [0.1, 0.15) is 16.2 Å². The highest BCUT2D eigenvalue weighted by Gasteiger charge is 2.04. The predicted octanol–water partition coefficient (Wildman–Crippen LogP) is 2.85. The van der Waals surface area contributed by atoms with Crippen LogP contribution in [0.4, 0.5) is 0 Å². The van der Waals surface area contributed by atoms with E-state index >= 15 is 0 Å². The number of allylic oxidation sites excluding steroid dienone is 6. The van der Waals surface area contributed by atoms with Crippen LogP contribution in [0.2, 0.25) is 0 Å². The first-order valence-electron chi connectivity index (χ1n) is 5.72. The van der Waals surface area contributed by atoms with Crippen LogP contribution in [0.3, 0.4) is 0 Å². The molecule has 2 heterocycles. The first-order chi connectivity index (χ1) is 9.28. The Kier molecular flexibility index (Phi) is 3.83. The van der Waals surface area contributed by atoms with Crippen LogP contribution in [0, 0.1) is 0 Å². The van der Waals surface area contributed by atoms with Crippen molar-refractivity contribution >= 4 is 17.5 Å². The number of nitrogens with zero attached hydrogens (tertiary/aromatic N) is 3. The number of aromatic nitrogens is 3. The van der Waals surface area contributed by atoms with Crippen LogP contribution in [-0.4, -0.2) is 20.9 Å². The third-order valence-electron chi connectivity index (χ3n) is 2.50. The third-order valence-corrected chi connectivity index (χ3v) is 2.50. The summed E-state index contributed by atoms with van der Waals surface area (Å²) < 4.78 is 1.58. The molecule has 2 aromatic heterocycles. The first-order valence-corrected chi connectivity index (χ1v) is 5.72. The Bertz CT molecular complexity index is 692. The lowest BCUT2D eigenvalue weighted by molar-refractivity contribution is 0.111. The van der Waals surface area contributed by atoms with Gasteiger partial charge in [0.05, 0.1) is 11.9 Å². The molecule has 19 heavy (non-hydrogen) atoms. The fourth-order valence-corrected chi connectivity index (χ4v) is 1.61. The third kappa shape index (κ3) is 2.74. The minimum atomic E-state index is 0.361. The van der Waals surface area contributed by atoms with E-state index in [1.807, 2.05) is 30.4 Å². The molecule has 4 heteroatoms. The van der Waals surface area contributed by atoms with Crippen molar-refractivity contribution in [3.63, 3.8) is 0 Å². The molecule has 0 spiro atoms. The van der Waals surface area contributed by atoms with Gasteiger partial charge in [-0.1, -0.05) is 43.5 Å². The summed E-state index contributed by atoms with van der Waals surface area (Å²) in [4.78, 5) is 14.8. The monoisotopic (exact) mass is 251 g/mol. The van der Waals surface area contributed by atoms with Gasteiger partial charge in [0.1, 0.15) is 5.69 Å². The molecule has 0 bridgehead atoms. The lowest BCUT2D eigenvalue weighted by atomic mass is 10.1. The molecule has 0 saturated heterocycles. The van der Waals surface area contributed by atoms with Crippen LogP contribution in [0.25, 0.3) is 11.2 Å². The molecule has 0 aromatic carbocycles. The van der Waals surface area contributed by atoms with E-state index in [1.54, 1.807) is 22.9 Å². The van der Waals surface area contributed by atoms with Gasteiger partial charge in [-0.3, -0.25) is 4.79 Å². The molecule has 0 amide bonds. The second-order valence-electron chi connectivity index (χ2n) is 3.75. The van der Waals surface area contributed by atoms with Crippen molar-refractivity contribution < 1.29 is 4.79 Å². The molecule has 0 saturated carbocycles. The molecule has 94 valence electrons. The van der Waals surface area contributed by atoms with Gasteiger partial charge in [0.25, 0.3) is 0 Å². The first kappa shape index (κ1) is 12.7. The molecule has 0 N–H and O–H groups in total. The topological polar surface area (TPSA) is 47.3 Å². The molecule has 0 fully saturated rings. The zero-order chi connectivity index (χ0) is 13.7. The van der Waals surface area contributed by atoms with Gasteiger partial charge in [0, 0.05) is 5.57 Å². The summed E-state index contributed by atoms with van der Waals surface area (Å²) in [6.07, 6.45) is 11.3. The van der Waals surface area contributed by atoms with E-state index in [0.717, 1.165) is 11.3 Å². The molecule has 2 rings (SSSR count). The van der Waals surface area contributed by atoms with Crippen molar-refractivity contribution in [2.45, 2.75) is 0 Å². The van der Waals surface area contributed by atoms with Crippen molar-refractivity contribution in [3.05, 3.63) is 73.3 Å². The molecule has 0 aliphatic rings. The average Bonchev–Trinajstić information content (AvgIpc) is 2.85. The lowest BCUT2D eigenvalue weighted by Crippen LogP contribution is -1.95. The standard InChI is InChI=1S/C15H13N3O/c1-3-5-6-7-12(4-2)14-8-9-15-16-13(11-19)10-18(15)17-14/h3-11H,1-2H2/b6-5-,12-7+. The van der Waals surface area contributed by atoms with E-state index in [2.05, 4.69) is 23.2 Å². The van der Waals surface area contributed by atoms with Gasteiger partial charge in [-0.15, -0.1) is 0 Å². The molecular weight excluding hydrogens is 238 g/mol. The average molecular weight is 251 g/mol. The van der Waals surface area contributed by atoms with Crippen molar-refractivity contribution in [2.75, 3.05) is 0 Å². The Labute approximate surface area is 111 Å². The fraction of sp³-hybridized carbons (Fsp3) is 0. The van der Waals surface area contributed by atoms with Gasteiger partial charge in [0.2, 0.25) is 0 Å². The summed E-state index contributed by atoms with van der Waals surface area (Å²) in [6.45, 7) is 7.37. The fourth-order valence-electron chi connectivity index (χ4n) is 1.61. The highest BCUT2D eigenvalue weighted by molar-refractivity contribution is 5.74. The number of rotatable bonds is 5. The van der Waals surface area contributed by atoms with Crippen LogP contribution >= 0.6 is 0 Å². The summed E-state index contributed by atoms with van der Waals surface area (Å²) in [5.41, 5.74) is 2.63. The number of carbonyl (C=O) groups excluding carboxylic acids is 1. The maximum absolute atomic E-state index is 10.7. The molecule has 4 nitrogen and oxygen atoms in total. The number of fused-ring (bicyclic) bond motifs is 1. The van der Waals surface area contributed by atoms with E-state index in [9.17, 15) is 4.79 Å². The summed E-state index contributed by atoms with van der Waals surface area (Å²) in [6, 6.07) is 3.65. The normalized spacial score (nSPS) is 11.9. The Hall–Kier alpha value is -2.75. The molecule has 0 aliphatic heterocycles. The largest absolute Gasteiger partial charge is 0.296 e. The Morgan fingerprint density at radius 3 is 2.79 bits per heavy atom. The van der Waals surface area contributed by atoms with E-state index in [-0.39, 0.29) is 0 Å². The van der Waals surface area contributed by atoms with Crippen molar-refractivity contribution in [2.24, 2.45) is 0 Å². The minimum absolute atomic E-state index is 0.361. The smallest absolute Gasteiger partial charge is 0.170 e. The zero-order valence-corrected chi connectivity index (χ0v) is 10.4. The molecule has 0 atom stereocenters. The minimum Gasteiger partial charge on any atom is -0.296 e. The summed E-state index contributed by atoms with van der Waals surface area (Å²) >= 11 is 0. The second-order valence-corrected chi connectivity index (χ2v) is 3.75. The Morgan fingerprint density at radius 2 is 2.11 bits per heavy atom. The summed E-state index contributed by atoms with van der Waals surface area (Å²) in [7, 11) is 0. The molecule has 0 radical (unpaired) electrons. The van der Waals surface area contributed by atoms with E-state index in [1.165, 1.54) is 0 Å². The lowest BCUT2D eigenvalue weighted by Gasteiger charge is -2.01. The van der Waals surface area contributed by atoms with Crippen LogP contribution in [-0.2, 0) is 0 Å². The maximum atomic E-state index is 10.7. The van der Waals surface area contributed by atoms with Gasteiger partial charge < -0.3 is 0 Å². The number of hydrogen-bond acceptors (Lipinski definition) is 3. The zero-order valence-electron chi connectivity index (χ0n) is 10.4. The highest BCUT2D eigenvalue weighted by Crippen LogP contribution is 2.14. The van der Waals surface area contributed by atoms with Gasteiger partial charge >= 0.3 is 0 Å². The van der Waals surface area contributed by atoms with E-state index < -0.39 is 0 Å². The number of hydrogen-bond donors (Lipinski definition) is 0.